The first-order chi connectivity index (χ1) is 10.7. The van der Waals surface area contributed by atoms with Gasteiger partial charge in [0.05, 0.1) is 0 Å². The SMILES string of the molecule is O=C(CCCCBr)c1cccc(OCc2cccc(F)c2)c1. The van der Waals surface area contributed by atoms with Crippen LogP contribution in [0.1, 0.15) is 35.2 Å². The fourth-order valence-electron chi connectivity index (χ4n) is 2.08. The minimum atomic E-state index is -0.281. The van der Waals surface area contributed by atoms with Crippen LogP contribution in [0, 0.1) is 5.82 Å². The highest BCUT2D eigenvalue weighted by molar-refractivity contribution is 9.09. The zero-order chi connectivity index (χ0) is 15.8. The molecule has 0 bridgehead atoms. The number of halogens is 2. The van der Waals surface area contributed by atoms with E-state index in [0.29, 0.717) is 17.7 Å². The van der Waals surface area contributed by atoms with Crippen molar-refractivity contribution in [1.29, 1.82) is 0 Å². The summed E-state index contributed by atoms with van der Waals surface area (Å²) in [5, 5.41) is 0.914. The fraction of sp³-hybridized carbons (Fsp3) is 0.278. The van der Waals surface area contributed by atoms with E-state index >= 15 is 0 Å². The molecule has 0 fully saturated rings. The van der Waals surface area contributed by atoms with Crippen LogP contribution in [0.5, 0.6) is 5.75 Å². The van der Waals surface area contributed by atoms with Crippen LogP contribution in [0.4, 0.5) is 4.39 Å². The molecule has 2 rings (SSSR count). The van der Waals surface area contributed by atoms with Crippen LogP contribution in [0.2, 0.25) is 0 Å². The molecule has 0 unspecified atom stereocenters. The van der Waals surface area contributed by atoms with E-state index in [9.17, 15) is 9.18 Å². The van der Waals surface area contributed by atoms with E-state index in [2.05, 4.69) is 15.9 Å². The van der Waals surface area contributed by atoms with Crippen molar-refractivity contribution in [3.8, 4) is 5.75 Å². The molecule has 2 aromatic rings. The summed E-state index contributed by atoms with van der Waals surface area (Å²) in [4.78, 5) is 12.1. The summed E-state index contributed by atoms with van der Waals surface area (Å²) < 4.78 is 18.7. The molecule has 0 saturated heterocycles. The van der Waals surface area contributed by atoms with E-state index in [1.54, 1.807) is 36.4 Å². The second-order valence-electron chi connectivity index (χ2n) is 5.02. The zero-order valence-electron chi connectivity index (χ0n) is 12.2. The van der Waals surface area contributed by atoms with Crippen molar-refractivity contribution in [1.82, 2.24) is 0 Å². The van der Waals surface area contributed by atoms with Gasteiger partial charge in [0.25, 0.3) is 0 Å². The molecule has 0 aliphatic carbocycles. The average Bonchev–Trinajstić information content (AvgIpc) is 2.53. The molecule has 0 aliphatic heterocycles. The fourth-order valence-corrected chi connectivity index (χ4v) is 2.47. The van der Waals surface area contributed by atoms with Gasteiger partial charge in [0.1, 0.15) is 18.2 Å². The zero-order valence-corrected chi connectivity index (χ0v) is 13.8. The van der Waals surface area contributed by atoms with Crippen molar-refractivity contribution in [3.63, 3.8) is 0 Å². The third-order valence-electron chi connectivity index (χ3n) is 3.24. The predicted octanol–water partition coefficient (Wildman–Crippen LogP) is 5.15. The number of hydrogen-bond acceptors (Lipinski definition) is 2. The molecule has 0 heterocycles. The number of ether oxygens (including phenoxy) is 1. The van der Waals surface area contributed by atoms with Gasteiger partial charge < -0.3 is 4.74 Å². The largest absolute Gasteiger partial charge is 0.489 e. The lowest BCUT2D eigenvalue weighted by atomic mass is 10.1. The first-order valence-corrected chi connectivity index (χ1v) is 8.37. The second kappa shape index (κ2) is 8.69. The second-order valence-corrected chi connectivity index (χ2v) is 5.81. The molecule has 0 spiro atoms. The Morgan fingerprint density at radius 1 is 1.09 bits per heavy atom. The van der Waals surface area contributed by atoms with Gasteiger partial charge in [0, 0.05) is 17.3 Å². The summed E-state index contributed by atoms with van der Waals surface area (Å²) in [5.41, 5.74) is 1.42. The number of benzene rings is 2. The highest BCUT2D eigenvalue weighted by Crippen LogP contribution is 2.17. The Hall–Kier alpha value is -1.68. The average molecular weight is 365 g/mol. The molecule has 2 nitrogen and oxygen atoms in total. The van der Waals surface area contributed by atoms with Gasteiger partial charge >= 0.3 is 0 Å². The maximum absolute atomic E-state index is 13.1. The van der Waals surface area contributed by atoms with Crippen molar-refractivity contribution >= 4 is 21.7 Å². The van der Waals surface area contributed by atoms with Crippen molar-refractivity contribution in [3.05, 3.63) is 65.5 Å². The standard InChI is InChI=1S/C18H18BrFO2/c19-10-2-1-9-18(21)15-6-4-8-17(12-15)22-13-14-5-3-7-16(20)11-14/h3-8,11-12H,1-2,9-10,13H2. The molecule has 0 radical (unpaired) electrons. The van der Waals surface area contributed by atoms with E-state index in [4.69, 9.17) is 4.74 Å². The lowest BCUT2D eigenvalue weighted by Gasteiger charge is -2.08. The lowest BCUT2D eigenvalue weighted by Crippen LogP contribution is -2.01. The number of rotatable bonds is 8. The molecule has 116 valence electrons. The molecule has 22 heavy (non-hydrogen) atoms. The Morgan fingerprint density at radius 2 is 1.91 bits per heavy atom. The molecule has 2 aromatic carbocycles. The normalized spacial score (nSPS) is 10.5. The summed E-state index contributed by atoms with van der Waals surface area (Å²) in [6.45, 7) is 0.277. The van der Waals surface area contributed by atoms with Gasteiger partial charge in [-0.3, -0.25) is 4.79 Å². The highest BCUT2D eigenvalue weighted by Gasteiger charge is 2.07. The third-order valence-corrected chi connectivity index (χ3v) is 3.80. The lowest BCUT2D eigenvalue weighted by molar-refractivity contribution is 0.0979. The van der Waals surface area contributed by atoms with Crippen LogP contribution in [0.25, 0.3) is 0 Å². The summed E-state index contributed by atoms with van der Waals surface area (Å²) in [7, 11) is 0. The van der Waals surface area contributed by atoms with Crippen molar-refractivity contribution in [2.45, 2.75) is 25.9 Å². The molecule has 0 saturated carbocycles. The van der Waals surface area contributed by atoms with Gasteiger partial charge in [-0.05, 0) is 42.7 Å². The number of alkyl halides is 1. The Bertz CT molecular complexity index is 628. The number of unbranched alkanes of at least 4 members (excludes halogenated alkanes) is 1. The molecule has 0 amide bonds. The molecule has 4 heteroatoms. The number of hydrogen-bond donors (Lipinski definition) is 0. The summed E-state index contributed by atoms with van der Waals surface area (Å²) >= 11 is 3.36. The number of carbonyl (C=O) groups excluding carboxylic acids is 1. The van der Waals surface area contributed by atoms with E-state index < -0.39 is 0 Å². The van der Waals surface area contributed by atoms with Crippen LogP contribution in [0.15, 0.2) is 48.5 Å². The minimum Gasteiger partial charge on any atom is -0.489 e. The molecular formula is C18H18BrFO2. The Kier molecular flexibility index (Phi) is 6.59. The van der Waals surface area contributed by atoms with Crippen molar-refractivity contribution in [2.75, 3.05) is 5.33 Å². The molecule has 0 aliphatic rings. The van der Waals surface area contributed by atoms with Crippen LogP contribution < -0.4 is 4.74 Å². The smallest absolute Gasteiger partial charge is 0.163 e. The molecule has 0 aromatic heterocycles. The topological polar surface area (TPSA) is 26.3 Å². The number of carbonyl (C=O) groups is 1. The van der Waals surface area contributed by atoms with E-state index in [-0.39, 0.29) is 18.2 Å². The quantitative estimate of drug-likeness (QED) is 0.367. The van der Waals surface area contributed by atoms with E-state index in [1.807, 2.05) is 0 Å². The Balaban J connectivity index is 1.95. The van der Waals surface area contributed by atoms with Crippen LogP contribution in [-0.2, 0) is 6.61 Å². The maximum atomic E-state index is 13.1. The van der Waals surface area contributed by atoms with Gasteiger partial charge in [-0.15, -0.1) is 0 Å². The first kappa shape index (κ1) is 16.7. The van der Waals surface area contributed by atoms with Gasteiger partial charge in [0.2, 0.25) is 0 Å². The van der Waals surface area contributed by atoms with Gasteiger partial charge in [-0.2, -0.15) is 0 Å². The number of ketones is 1. The third kappa shape index (κ3) is 5.26. The van der Waals surface area contributed by atoms with Gasteiger partial charge in [0.15, 0.2) is 5.78 Å². The predicted molar refractivity (Wildman–Crippen MR) is 89.1 cm³/mol. The van der Waals surface area contributed by atoms with Gasteiger partial charge in [-0.1, -0.05) is 40.2 Å². The van der Waals surface area contributed by atoms with Crippen LogP contribution in [-0.4, -0.2) is 11.1 Å². The maximum Gasteiger partial charge on any atom is 0.163 e. The summed E-state index contributed by atoms with van der Waals surface area (Å²) in [6.07, 6.45) is 2.40. The van der Waals surface area contributed by atoms with Crippen molar-refractivity contribution < 1.29 is 13.9 Å². The summed E-state index contributed by atoms with van der Waals surface area (Å²) in [5.74, 6) is 0.463. The molecule has 0 atom stereocenters. The molecule has 0 N–H and O–H groups in total. The highest BCUT2D eigenvalue weighted by atomic mass is 79.9. The van der Waals surface area contributed by atoms with Crippen LogP contribution in [0.3, 0.4) is 0 Å². The monoisotopic (exact) mass is 364 g/mol. The Labute approximate surface area is 138 Å². The van der Waals surface area contributed by atoms with Gasteiger partial charge in [-0.25, -0.2) is 4.39 Å². The Morgan fingerprint density at radius 3 is 2.68 bits per heavy atom. The molecular weight excluding hydrogens is 347 g/mol. The van der Waals surface area contributed by atoms with E-state index in [0.717, 1.165) is 23.7 Å². The van der Waals surface area contributed by atoms with Crippen molar-refractivity contribution in [2.24, 2.45) is 0 Å². The van der Waals surface area contributed by atoms with E-state index in [1.165, 1.54) is 12.1 Å². The number of Topliss-reactive ketones (excluding diaryl/α,β-unsaturated/α-hetero) is 1. The summed E-state index contributed by atoms with van der Waals surface area (Å²) in [6, 6.07) is 13.4. The first-order valence-electron chi connectivity index (χ1n) is 7.25. The minimum absolute atomic E-state index is 0.122. The van der Waals surface area contributed by atoms with Crippen LogP contribution >= 0.6 is 15.9 Å².